The molecule has 1 aliphatic rings. The van der Waals surface area contributed by atoms with Crippen molar-refractivity contribution in [3.05, 3.63) is 29.8 Å². The molecule has 8 heteroatoms. The first-order valence-corrected chi connectivity index (χ1v) is 8.40. The number of nitrogens with one attached hydrogen (secondary N) is 1. The van der Waals surface area contributed by atoms with E-state index < -0.39 is 16.0 Å². The van der Waals surface area contributed by atoms with E-state index in [4.69, 9.17) is 5.11 Å². The second-order valence-corrected chi connectivity index (χ2v) is 7.01. The van der Waals surface area contributed by atoms with Crippen LogP contribution in [0.1, 0.15) is 29.6 Å². The Morgan fingerprint density at radius 3 is 2.50 bits per heavy atom. The SMILES string of the molecule is CNS(=O)(=O)c1ccc(C(=O)N2CCCC2CC(=O)O)cc1. The molecule has 0 bridgehead atoms. The number of carbonyl (C=O) groups excluding carboxylic acids is 1. The second-order valence-electron chi connectivity index (χ2n) is 5.12. The summed E-state index contributed by atoms with van der Waals surface area (Å²) in [7, 11) is -2.22. The third-order valence-corrected chi connectivity index (χ3v) is 5.16. The zero-order chi connectivity index (χ0) is 16.3. The lowest BCUT2D eigenvalue weighted by atomic mass is 10.1. The number of benzene rings is 1. The van der Waals surface area contributed by atoms with Crippen LogP contribution in [-0.2, 0) is 14.8 Å². The summed E-state index contributed by atoms with van der Waals surface area (Å²) in [5.74, 6) is -1.20. The quantitative estimate of drug-likeness (QED) is 0.828. The van der Waals surface area contributed by atoms with Crippen molar-refractivity contribution < 1.29 is 23.1 Å². The lowest BCUT2D eigenvalue weighted by molar-refractivity contribution is -0.137. The Balaban J connectivity index is 2.18. The monoisotopic (exact) mass is 326 g/mol. The highest BCUT2D eigenvalue weighted by Gasteiger charge is 2.31. The molecule has 2 N–H and O–H groups in total. The van der Waals surface area contributed by atoms with Crippen LogP contribution in [0.15, 0.2) is 29.2 Å². The van der Waals surface area contributed by atoms with E-state index in [0.717, 1.165) is 6.42 Å². The highest BCUT2D eigenvalue weighted by atomic mass is 32.2. The van der Waals surface area contributed by atoms with Gasteiger partial charge in [0.1, 0.15) is 0 Å². The first-order chi connectivity index (χ1) is 10.3. The van der Waals surface area contributed by atoms with Crippen LogP contribution >= 0.6 is 0 Å². The lowest BCUT2D eigenvalue weighted by Crippen LogP contribution is -2.36. The fourth-order valence-electron chi connectivity index (χ4n) is 2.58. The maximum absolute atomic E-state index is 12.4. The fraction of sp³-hybridized carbons (Fsp3) is 0.429. The van der Waals surface area contributed by atoms with E-state index in [-0.39, 0.29) is 23.3 Å². The van der Waals surface area contributed by atoms with Crippen LogP contribution in [0, 0.1) is 0 Å². The van der Waals surface area contributed by atoms with Crippen molar-refractivity contribution in [2.75, 3.05) is 13.6 Å². The molecule has 2 rings (SSSR count). The number of hydrogen-bond acceptors (Lipinski definition) is 4. The van der Waals surface area contributed by atoms with E-state index in [1.54, 1.807) is 4.90 Å². The smallest absolute Gasteiger partial charge is 0.305 e. The van der Waals surface area contributed by atoms with E-state index in [9.17, 15) is 18.0 Å². The molecule has 22 heavy (non-hydrogen) atoms. The van der Waals surface area contributed by atoms with Gasteiger partial charge in [-0.05, 0) is 44.2 Å². The zero-order valence-electron chi connectivity index (χ0n) is 12.2. The Morgan fingerprint density at radius 2 is 1.95 bits per heavy atom. The molecule has 0 aliphatic carbocycles. The molecule has 0 radical (unpaired) electrons. The molecule has 1 aromatic rings. The summed E-state index contributed by atoms with van der Waals surface area (Å²) in [5.41, 5.74) is 0.354. The summed E-state index contributed by atoms with van der Waals surface area (Å²) in [6.45, 7) is 0.521. The molecule has 0 aromatic heterocycles. The van der Waals surface area contributed by atoms with Gasteiger partial charge in [0, 0.05) is 18.2 Å². The number of carboxylic acid groups (broad SMARTS) is 1. The Hall–Kier alpha value is -1.93. The van der Waals surface area contributed by atoms with Gasteiger partial charge >= 0.3 is 5.97 Å². The summed E-state index contributed by atoms with van der Waals surface area (Å²) < 4.78 is 25.5. The Morgan fingerprint density at radius 1 is 1.32 bits per heavy atom. The van der Waals surface area contributed by atoms with E-state index in [1.807, 2.05) is 0 Å². The van der Waals surface area contributed by atoms with Crippen molar-refractivity contribution in [3.8, 4) is 0 Å². The van der Waals surface area contributed by atoms with Crippen molar-refractivity contribution in [2.24, 2.45) is 0 Å². The zero-order valence-corrected chi connectivity index (χ0v) is 13.0. The molecule has 120 valence electrons. The minimum atomic E-state index is -3.54. The Labute approximate surface area is 129 Å². The highest BCUT2D eigenvalue weighted by molar-refractivity contribution is 7.89. The Kier molecular flexibility index (Phi) is 4.82. The molecule has 7 nitrogen and oxygen atoms in total. The third kappa shape index (κ3) is 3.45. The molecule has 1 fully saturated rings. The van der Waals surface area contributed by atoms with Crippen molar-refractivity contribution in [2.45, 2.75) is 30.2 Å². The van der Waals surface area contributed by atoms with Gasteiger partial charge in [-0.3, -0.25) is 9.59 Å². The summed E-state index contributed by atoms with van der Waals surface area (Å²) in [6.07, 6.45) is 1.37. The van der Waals surface area contributed by atoms with E-state index in [0.29, 0.717) is 18.5 Å². The average molecular weight is 326 g/mol. The van der Waals surface area contributed by atoms with Gasteiger partial charge < -0.3 is 10.0 Å². The maximum atomic E-state index is 12.4. The first kappa shape index (κ1) is 16.4. The number of sulfonamides is 1. The van der Waals surface area contributed by atoms with Crippen LogP contribution in [0.4, 0.5) is 0 Å². The van der Waals surface area contributed by atoms with Gasteiger partial charge in [-0.2, -0.15) is 0 Å². The van der Waals surface area contributed by atoms with Gasteiger partial charge in [0.25, 0.3) is 5.91 Å². The number of carboxylic acids is 1. The van der Waals surface area contributed by atoms with Crippen molar-refractivity contribution in [3.63, 3.8) is 0 Å². The number of nitrogens with zero attached hydrogens (tertiary/aromatic N) is 1. The van der Waals surface area contributed by atoms with E-state index >= 15 is 0 Å². The topological polar surface area (TPSA) is 104 Å². The number of hydrogen-bond donors (Lipinski definition) is 2. The van der Waals surface area contributed by atoms with Crippen LogP contribution in [0.25, 0.3) is 0 Å². The number of rotatable bonds is 5. The van der Waals surface area contributed by atoms with E-state index in [2.05, 4.69) is 4.72 Å². The van der Waals surface area contributed by atoms with Gasteiger partial charge in [-0.25, -0.2) is 13.1 Å². The Bertz CT molecular complexity index is 669. The number of aliphatic carboxylic acids is 1. The predicted octanol–water partition coefficient (Wildman–Crippen LogP) is 0.674. The lowest BCUT2D eigenvalue weighted by Gasteiger charge is -2.23. The van der Waals surface area contributed by atoms with Gasteiger partial charge in [0.2, 0.25) is 10.0 Å². The molecule has 0 saturated carbocycles. The van der Waals surface area contributed by atoms with Crippen LogP contribution in [-0.4, -0.2) is 49.9 Å². The molecular weight excluding hydrogens is 308 g/mol. The standard InChI is InChI=1S/C14H18N2O5S/c1-15-22(20,21)12-6-4-10(5-7-12)14(19)16-8-2-3-11(16)9-13(17)18/h4-7,11,15H,2-3,8-9H2,1H3,(H,17,18). The third-order valence-electron chi connectivity index (χ3n) is 3.73. The summed E-state index contributed by atoms with van der Waals surface area (Å²) in [6, 6.07) is 5.32. The minimum Gasteiger partial charge on any atom is -0.481 e. The molecular formula is C14H18N2O5S. The molecule has 1 saturated heterocycles. The van der Waals surface area contributed by atoms with Gasteiger partial charge in [-0.15, -0.1) is 0 Å². The van der Waals surface area contributed by atoms with Crippen molar-refractivity contribution in [1.82, 2.24) is 9.62 Å². The maximum Gasteiger partial charge on any atom is 0.305 e. The predicted molar refractivity (Wildman–Crippen MR) is 79.0 cm³/mol. The molecule has 1 unspecified atom stereocenters. The molecule has 1 heterocycles. The number of carbonyl (C=O) groups is 2. The molecule has 1 atom stereocenters. The number of amides is 1. The van der Waals surface area contributed by atoms with Gasteiger partial charge in [0.15, 0.2) is 0 Å². The second kappa shape index (κ2) is 6.45. The molecule has 1 amide bonds. The average Bonchev–Trinajstić information content (AvgIpc) is 2.94. The van der Waals surface area contributed by atoms with Crippen LogP contribution in [0.3, 0.4) is 0 Å². The normalized spacial score (nSPS) is 18.4. The van der Waals surface area contributed by atoms with Crippen LogP contribution < -0.4 is 4.72 Å². The molecule has 0 spiro atoms. The summed E-state index contributed by atoms with van der Waals surface area (Å²) >= 11 is 0. The molecule has 1 aromatic carbocycles. The van der Waals surface area contributed by atoms with Crippen LogP contribution in [0.5, 0.6) is 0 Å². The van der Waals surface area contributed by atoms with Crippen LogP contribution in [0.2, 0.25) is 0 Å². The highest BCUT2D eigenvalue weighted by Crippen LogP contribution is 2.23. The minimum absolute atomic E-state index is 0.0715. The van der Waals surface area contributed by atoms with E-state index in [1.165, 1.54) is 31.3 Å². The number of likely N-dealkylation sites (tertiary alicyclic amines) is 1. The van der Waals surface area contributed by atoms with Crippen molar-refractivity contribution >= 4 is 21.9 Å². The largest absolute Gasteiger partial charge is 0.481 e. The van der Waals surface area contributed by atoms with Gasteiger partial charge in [-0.1, -0.05) is 0 Å². The summed E-state index contributed by atoms with van der Waals surface area (Å²) in [5, 5.41) is 8.89. The molecule has 1 aliphatic heterocycles. The van der Waals surface area contributed by atoms with Crippen molar-refractivity contribution in [1.29, 1.82) is 0 Å². The van der Waals surface area contributed by atoms with Gasteiger partial charge in [0.05, 0.1) is 11.3 Å². The summed E-state index contributed by atoms with van der Waals surface area (Å²) in [4.78, 5) is 24.9. The first-order valence-electron chi connectivity index (χ1n) is 6.91. The fourth-order valence-corrected chi connectivity index (χ4v) is 3.31.